The first-order chi connectivity index (χ1) is 11.5. The van der Waals surface area contributed by atoms with Gasteiger partial charge in [-0.2, -0.15) is 4.39 Å². The van der Waals surface area contributed by atoms with Crippen molar-refractivity contribution < 1.29 is 44.4 Å². The Kier molecular flexibility index (Phi) is 4.88. The van der Waals surface area contributed by atoms with E-state index in [0.29, 0.717) is 0 Å². The van der Waals surface area contributed by atoms with Crippen molar-refractivity contribution >= 4 is 17.4 Å². The van der Waals surface area contributed by atoms with Gasteiger partial charge in [0.25, 0.3) is 0 Å². The van der Waals surface area contributed by atoms with E-state index in [2.05, 4.69) is 0 Å². The van der Waals surface area contributed by atoms with E-state index < -0.39 is 84.5 Å². The summed E-state index contributed by atoms with van der Waals surface area (Å²) in [5.41, 5.74) is -2.08. The first kappa shape index (κ1) is 18.9. The quantitative estimate of drug-likeness (QED) is 0.242. The molecule has 0 heterocycles. The first-order valence-electron chi connectivity index (χ1n) is 5.70. The van der Waals surface area contributed by atoms with Crippen molar-refractivity contribution in [2.75, 3.05) is 0 Å². The molecule has 0 amide bonds. The average Bonchev–Trinajstić information content (AvgIpc) is 2.57. The van der Waals surface area contributed by atoms with Gasteiger partial charge in [-0.05, 0) is 0 Å². The molecule has 0 radical (unpaired) electrons. The molecule has 0 fully saturated rings. The van der Waals surface area contributed by atoms with Gasteiger partial charge in [0.2, 0.25) is 17.5 Å². The number of nitro groups is 1. The third kappa shape index (κ3) is 2.88. The van der Waals surface area contributed by atoms with Crippen LogP contribution in [0.2, 0.25) is 0 Å². The lowest BCUT2D eigenvalue weighted by molar-refractivity contribution is -0.391. The molecule has 3 nitrogen and oxygen atoms in total. The van der Waals surface area contributed by atoms with E-state index in [-0.39, 0.29) is 0 Å². The number of halogens is 9. The van der Waals surface area contributed by atoms with Crippen molar-refractivity contribution in [3.63, 3.8) is 0 Å². The molecule has 0 N–H and O–H groups in total. The van der Waals surface area contributed by atoms with Crippen molar-refractivity contribution in [3.8, 4) is 0 Å². The van der Waals surface area contributed by atoms with E-state index in [1.165, 1.54) is 0 Å². The molecule has 0 saturated heterocycles. The highest BCUT2D eigenvalue weighted by atomic mass is 32.2. The number of rotatable bonds is 3. The topological polar surface area (TPSA) is 43.1 Å². The van der Waals surface area contributed by atoms with E-state index >= 15 is 0 Å². The summed E-state index contributed by atoms with van der Waals surface area (Å²) in [6.07, 6.45) is 0. The predicted octanol–water partition coefficient (Wildman–Crippen LogP) is 5.00. The molecule has 0 spiro atoms. The third-order valence-electron chi connectivity index (χ3n) is 2.76. The Bertz CT molecular complexity index is 890. The molecule has 0 aliphatic heterocycles. The van der Waals surface area contributed by atoms with Crippen LogP contribution in [0.25, 0.3) is 0 Å². The molecular weight excluding hydrogens is 393 g/mol. The third-order valence-corrected chi connectivity index (χ3v) is 3.90. The zero-order chi connectivity index (χ0) is 19.2. The smallest absolute Gasteiger partial charge is 0.258 e. The van der Waals surface area contributed by atoms with Gasteiger partial charge < -0.3 is 0 Å². The van der Waals surface area contributed by atoms with Gasteiger partial charge in [-0.25, -0.2) is 35.1 Å². The van der Waals surface area contributed by atoms with Gasteiger partial charge in [-0.15, -0.1) is 0 Å². The predicted molar refractivity (Wildman–Crippen MR) is 63.3 cm³/mol. The van der Waals surface area contributed by atoms with E-state index in [4.69, 9.17) is 0 Å². The van der Waals surface area contributed by atoms with Gasteiger partial charge in [0.05, 0.1) is 9.82 Å². The summed E-state index contributed by atoms with van der Waals surface area (Å²) in [6.45, 7) is 0. The van der Waals surface area contributed by atoms with Crippen LogP contribution in [0, 0.1) is 62.5 Å². The molecule has 0 aliphatic rings. The second-order valence-corrected chi connectivity index (χ2v) is 5.21. The molecule has 0 aromatic heterocycles. The Morgan fingerprint density at radius 3 is 1.28 bits per heavy atom. The number of hydrogen-bond acceptors (Lipinski definition) is 3. The van der Waals surface area contributed by atoms with Crippen molar-refractivity contribution in [2.45, 2.75) is 9.79 Å². The maximum atomic E-state index is 13.7. The minimum Gasteiger partial charge on any atom is -0.258 e. The lowest BCUT2D eigenvalue weighted by Gasteiger charge is -2.10. The van der Waals surface area contributed by atoms with Crippen LogP contribution in [0.4, 0.5) is 45.2 Å². The monoisotopic (exact) mass is 393 g/mol. The SMILES string of the molecule is O=[N+]([O-])c1c(F)c(F)c(F)c(F)c1Sc1c(F)c(F)c(F)c(F)c1F. The molecular formula is C12F9NO2S. The van der Waals surface area contributed by atoms with Crippen LogP contribution < -0.4 is 0 Å². The summed E-state index contributed by atoms with van der Waals surface area (Å²) >= 11 is -0.864. The van der Waals surface area contributed by atoms with Crippen molar-refractivity contribution in [1.82, 2.24) is 0 Å². The van der Waals surface area contributed by atoms with Crippen LogP contribution in [-0.2, 0) is 0 Å². The molecule has 0 atom stereocenters. The molecule has 13 heteroatoms. The van der Waals surface area contributed by atoms with E-state index in [1.54, 1.807) is 0 Å². The summed E-state index contributed by atoms with van der Waals surface area (Å²) < 4.78 is 120. The van der Waals surface area contributed by atoms with Gasteiger partial charge in [0.15, 0.2) is 34.9 Å². The van der Waals surface area contributed by atoms with Crippen molar-refractivity contribution in [3.05, 3.63) is 62.5 Å². The fourth-order valence-corrected chi connectivity index (χ4v) is 2.64. The molecule has 2 rings (SSSR count). The van der Waals surface area contributed by atoms with E-state index in [1.807, 2.05) is 0 Å². The van der Waals surface area contributed by atoms with Gasteiger partial charge >= 0.3 is 5.69 Å². The Hall–Kier alpha value is -2.44. The highest BCUT2D eigenvalue weighted by Crippen LogP contribution is 2.43. The minimum atomic E-state index is -2.59. The summed E-state index contributed by atoms with van der Waals surface area (Å²) in [4.78, 5) is 5.27. The van der Waals surface area contributed by atoms with Gasteiger partial charge in [0.1, 0.15) is 4.90 Å². The zero-order valence-corrected chi connectivity index (χ0v) is 11.9. The van der Waals surface area contributed by atoms with Crippen LogP contribution in [-0.4, -0.2) is 4.92 Å². The van der Waals surface area contributed by atoms with Crippen molar-refractivity contribution in [2.24, 2.45) is 0 Å². The highest BCUT2D eigenvalue weighted by Gasteiger charge is 2.36. The largest absolute Gasteiger partial charge is 0.324 e. The number of nitrogens with zero attached hydrogens (tertiary/aromatic N) is 1. The van der Waals surface area contributed by atoms with Gasteiger partial charge in [-0.3, -0.25) is 10.1 Å². The summed E-state index contributed by atoms with van der Waals surface area (Å²) in [7, 11) is 0. The second kappa shape index (κ2) is 6.46. The van der Waals surface area contributed by atoms with E-state index in [0.717, 1.165) is 0 Å². The molecule has 0 bridgehead atoms. The molecule has 2 aromatic rings. The maximum absolute atomic E-state index is 13.7. The highest BCUT2D eigenvalue weighted by molar-refractivity contribution is 7.99. The van der Waals surface area contributed by atoms with Crippen LogP contribution in [0.3, 0.4) is 0 Å². The lowest BCUT2D eigenvalue weighted by Crippen LogP contribution is -2.07. The van der Waals surface area contributed by atoms with Gasteiger partial charge in [0, 0.05) is 0 Å². The van der Waals surface area contributed by atoms with Gasteiger partial charge in [-0.1, -0.05) is 11.8 Å². The van der Waals surface area contributed by atoms with Crippen LogP contribution >= 0.6 is 11.8 Å². The average molecular weight is 393 g/mol. The molecule has 0 aliphatic carbocycles. The Morgan fingerprint density at radius 1 is 0.560 bits per heavy atom. The van der Waals surface area contributed by atoms with Crippen molar-refractivity contribution in [1.29, 1.82) is 0 Å². The lowest BCUT2D eigenvalue weighted by atomic mass is 10.2. The van der Waals surface area contributed by atoms with E-state index in [9.17, 15) is 49.6 Å². The molecule has 0 saturated carbocycles. The number of nitro benzene ring substituents is 1. The summed E-state index contributed by atoms with van der Waals surface area (Å²) in [5, 5.41) is 10.7. The molecule has 25 heavy (non-hydrogen) atoms. The Labute approximate surface area is 135 Å². The summed E-state index contributed by atoms with van der Waals surface area (Å²) in [5.74, 6) is -22.7. The van der Waals surface area contributed by atoms with Crippen LogP contribution in [0.5, 0.6) is 0 Å². The van der Waals surface area contributed by atoms with Crippen LogP contribution in [0.15, 0.2) is 9.79 Å². The first-order valence-corrected chi connectivity index (χ1v) is 6.51. The zero-order valence-electron chi connectivity index (χ0n) is 11.1. The Morgan fingerprint density at radius 2 is 0.880 bits per heavy atom. The second-order valence-electron chi connectivity index (χ2n) is 4.19. The Balaban J connectivity index is 2.81. The number of hydrogen-bond donors (Lipinski definition) is 0. The minimum absolute atomic E-state index is 0.864. The number of benzene rings is 2. The fourth-order valence-electron chi connectivity index (χ4n) is 1.63. The van der Waals surface area contributed by atoms with Crippen LogP contribution in [0.1, 0.15) is 0 Å². The molecule has 0 unspecified atom stereocenters. The summed E-state index contributed by atoms with van der Waals surface area (Å²) in [6, 6.07) is 0. The molecule has 2 aromatic carbocycles. The maximum Gasteiger partial charge on any atom is 0.324 e. The normalized spacial score (nSPS) is 11.1. The molecule has 134 valence electrons. The fraction of sp³-hybridized carbons (Fsp3) is 0. The standard InChI is InChI=1S/C12F9NO2S/c13-1-3(15)7(19)11(8(20)4(1)16)25-12-9(21)5(17)2(14)6(18)10(12)22(23)24.